The van der Waals surface area contributed by atoms with Gasteiger partial charge in [-0.3, -0.25) is 0 Å². The van der Waals surface area contributed by atoms with Crippen LogP contribution in [0.5, 0.6) is 0 Å². The van der Waals surface area contributed by atoms with Crippen LogP contribution in [0.25, 0.3) is 77.9 Å². The minimum atomic E-state index is 1.12. The molecule has 0 atom stereocenters. The van der Waals surface area contributed by atoms with Crippen LogP contribution in [-0.4, -0.2) is 0 Å². The maximum absolute atomic E-state index is 2.42. The molecule has 0 N–H and O–H groups in total. The predicted octanol–water partition coefficient (Wildman–Crippen LogP) is 13.5. The first-order chi connectivity index (χ1) is 24.3. The third-order valence-electron chi connectivity index (χ3n) is 10.2. The lowest BCUT2D eigenvalue weighted by molar-refractivity contribution is 1.28. The number of benzene rings is 8. The Morgan fingerprint density at radius 2 is 0.714 bits per heavy atom. The molecule has 0 unspecified atom stereocenters. The van der Waals surface area contributed by atoms with E-state index in [1.807, 2.05) is 0 Å². The summed E-state index contributed by atoms with van der Waals surface area (Å²) in [5.74, 6) is 0. The molecule has 1 heteroatoms. The summed E-state index contributed by atoms with van der Waals surface area (Å²) in [6.45, 7) is 0. The van der Waals surface area contributed by atoms with Crippen molar-refractivity contribution >= 4 is 17.1 Å². The Morgan fingerprint density at radius 1 is 0.245 bits per heavy atom. The van der Waals surface area contributed by atoms with Crippen molar-refractivity contribution in [1.82, 2.24) is 0 Å². The fourth-order valence-corrected chi connectivity index (χ4v) is 8.02. The highest BCUT2D eigenvalue weighted by molar-refractivity contribution is 6.15. The molecule has 0 heterocycles. The molecule has 2 aliphatic rings. The molecule has 0 aliphatic heterocycles. The summed E-state index contributed by atoms with van der Waals surface area (Å²) in [5, 5.41) is 0. The number of anilines is 3. The Hall–Kier alpha value is -6.44. The van der Waals surface area contributed by atoms with Crippen molar-refractivity contribution in [2.45, 2.75) is 0 Å². The molecule has 0 fully saturated rings. The molecule has 2 aliphatic carbocycles. The summed E-state index contributed by atoms with van der Waals surface area (Å²) >= 11 is 0. The van der Waals surface area contributed by atoms with Gasteiger partial charge in [-0.05, 0) is 109 Å². The molecular weight excluding hydrogens is 591 g/mol. The zero-order chi connectivity index (χ0) is 32.3. The average Bonchev–Trinajstić information content (AvgIpc) is 3.28. The van der Waals surface area contributed by atoms with Crippen LogP contribution in [-0.2, 0) is 0 Å². The molecule has 0 radical (unpaired) electrons. The normalized spacial score (nSPS) is 11.7. The Balaban J connectivity index is 1.11. The van der Waals surface area contributed by atoms with Crippen LogP contribution >= 0.6 is 0 Å². The quantitative estimate of drug-likeness (QED) is 0.185. The number of nitrogens with zero attached hydrogens (tertiary/aromatic N) is 1. The average molecular weight is 622 g/mol. The maximum Gasteiger partial charge on any atom is 0.0540 e. The molecule has 6 bridgehead atoms. The van der Waals surface area contributed by atoms with E-state index in [1.54, 1.807) is 0 Å². The molecular formula is C48H31N. The summed E-state index contributed by atoms with van der Waals surface area (Å²) in [6, 6.07) is 68.6. The largest absolute Gasteiger partial charge is 0.310 e. The smallest absolute Gasteiger partial charge is 0.0540 e. The lowest BCUT2D eigenvalue weighted by Crippen LogP contribution is -2.11. The fourth-order valence-electron chi connectivity index (χ4n) is 8.02. The van der Waals surface area contributed by atoms with Crippen LogP contribution in [0.2, 0.25) is 0 Å². The third kappa shape index (κ3) is 4.33. The Kier molecular flexibility index (Phi) is 6.25. The number of para-hydroxylation sites is 2. The first kappa shape index (κ1) is 27.7. The van der Waals surface area contributed by atoms with Gasteiger partial charge < -0.3 is 4.90 Å². The van der Waals surface area contributed by atoms with E-state index in [9.17, 15) is 0 Å². The second-order valence-electron chi connectivity index (χ2n) is 12.9. The lowest BCUT2D eigenvalue weighted by atomic mass is 9.83. The topological polar surface area (TPSA) is 3.24 Å². The van der Waals surface area contributed by atoms with Gasteiger partial charge in [0.05, 0.1) is 5.69 Å². The van der Waals surface area contributed by atoms with E-state index in [4.69, 9.17) is 0 Å². The van der Waals surface area contributed by atoms with Crippen molar-refractivity contribution < 1.29 is 0 Å². The number of hydrogen-bond acceptors (Lipinski definition) is 1. The Labute approximate surface area is 287 Å². The fraction of sp³-hybridized carbons (Fsp3) is 0. The standard InChI is InChI=1S/C48H31N/c1-3-13-33(14-4-1)37-17-9-10-24-46(37)49(35-15-5-2-6-16-35)36-28-25-32(26-29-36)34-27-30-39-42-21-12-22-43-44-23-11-20-41(48(44)45(39)31-34)38-18-7-8-19-40(38)47(42)43/h1-31H. The number of rotatable bonds is 5. The van der Waals surface area contributed by atoms with Crippen molar-refractivity contribution in [3.63, 3.8) is 0 Å². The van der Waals surface area contributed by atoms with Crippen LogP contribution in [0.4, 0.5) is 17.1 Å². The van der Waals surface area contributed by atoms with E-state index >= 15 is 0 Å². The SMILES string of the molecule is c1ccc(-c2ccccc2N(c2ccccc2)c2ccc(-c3ccc4c(c3)-c3c5cccc3-c3cccc-4c3-c3ccccc3-5)cc2)cc1. The van der Waals surface area contributed by atoms with E-state index in [0.717, 1.165) is 17.1 Å². The molecule has 8 aromatic carbocycles. The Morgan fingerprint density at radius 3 is 1.41 bits per heavy atom. The zero-order valence-corrected chi connectivity index (χ0v) is 26.8. The van der Waals surface area contributed by atoms with Crippen LogP contribution in [0.1, 0.15) is 0 Å². The van der Waals surface area contributed by atoms with Gasteiger partial charge in [0, 0.05) is 16.9 Å². The minimum Gasteiger partial charge on any atom is -0.310 e. The second-order valence-corrected chi connectivity index (χ2v) is 12.9. The molecule has 8 aromatic rings. The van der Waals surface area contributed by atoms with Gasteiger partial charge in [-0.15, -0.1) is 0 Å². The molecule has 0 aromatic heterocycles. The van der Waals surface area contributed by atoms with Gasteiger partial charge in [-0.1, -0.05) is 152 Å². The number of fused-ring (bicyclic) bond motifs is 4. The van der Waals surface area contributed by atoms with Crippen LogP contribution < -0.4 is 4.90 Å². The van der Waals surface area contributed by atoms with E-state index in [-0.39, 0.29) is 0 Å². The molecule has 10 rings (SSSR count). The highest BCUT2D eigenvalue weighted by Crippen LogP contribution is 2.57. The van der Waals surface area contributed by atoms with Gasteiger partial charge in [0.15, 0.2) is 0 Å². The van der Waals surface area contributed by atoms with Crippen molar-refractivity contribution in [2.75, 3.05) is 4.90 Å². The summed E-state index contributed by atoms with van der Waals surface area (Å²) < 4.78 is 0. The maximum atomic E-state index is 2.42. The molecule has 1 nitrogen and oxygen atoms in total. The van der Waals surface area contributed by atoms with Crippen LogP contribution in [0.3, 0.4) is 0 Å². The van der Waals surface area contributed by atoms with E-state index in [2.05, 4.69) is 193 Å². The highest BCUT2D eigenvalue weighted by Gasteiger charge is 2.30. The monoisotopic (exact) mass is 621 g/mol. The van der Waals surface area contributed by atoms with Crippen LogP contribution in [0, 0.1) is 0 Å². The summed E-state index contributed by atoms with van der Waals surface area (Å²) in [6.07, 6.45) is 0. The predicted molar refractivity (Wildman–Crippen MR) is 206 cm³/mol. The van der Waals surface area contributed by atoms with Gasteiger partial charge in [0.25, 0.3) is 0 Å². The summed E-state index contributed by atoms with van der Waals surface area (Å²) in [5.41, 5.74) is 21.3. The van der Waals surface area contributed by atoms with Crippen molar-refractivity contribution in [3.8, 4) is 77.9 Å². The molecule has 0 saturated carbocycles. The van der Waals surface area contributed by atoms with Crippen molar-refractivity contribution in [2.24, 2.45) is 0 Å². The van der Waals surface area contributed by atoms with Crippen LogP contribution in [0.15, 0.2) is 188 Å². The van der Waals surface area contributed by atoms with E-state index < -0.39 is 0 Å². The molecule has 0 spiro atoms. The van der Waals surface area contributed by atoms with Gasteiger partial charge in [0.1, 0.15) is 0 Å². The van der Waals surface area contributed by atoms with Gasteiger partial charge in [0.2, 0.25) is 0 Å². The number of hydrogen-bond donors (Lipinski definition) is 0. The Bertz CT molecular complexity index is 2510. The summed E-state index contributed by atoms with van der Waals surface area (Å²) in [4.78, 5) is 2.36. The third-order valence-corrected chi connectivity index (χ3v) is 10.2. The van der Waals surface area contributed by atoms with E-state index in [0.29, 0.717) is 0 Å². The van der Waals surface area contributed by atoms with Crippen molar-refractivity contribution in [1.29, 1.82) is 0 Å². The first-order valence-corrected chi connectivity index (χ1v) is 16.9. The highest BCUT2D eigenvalue weighted by atomic mass is 15.1. The molecule has 0 amide bonds. The van der Waals surface area contributed by atoms with Gasteiger partial charge in [-0.25, -0.2) is 0 Å². The molecule has 49 heavy (non-hydrogen) atoms. The minimum absolute atomic E-state index is 1.12. The van der Waals surface area contributed by atoms with Crippen molar-refractivity contribution in [3.05, 3.63) is 188 Å². The van der Waals surface area contributed by atoms with Gasteiger partial charge >= 0.3 is 0 Å². The molecule has 0 saturated heterocycles. The van der Waals surface area contributed by atoms with E-state index in [1.165, 1.54) is 77.9 Å². The van der Waals surface area contributed by atoms with Gasteiger partial charge in [-0.2, -0.15) is 0 Å². The first-order valence-electron chi connectivity index (χ1n) is 16.9. The zero-order valence-electron chi connectivity index (χ0n) is 26.8. The summed E-state index contributed by atoms with van der Waals surface area (Å²) in [7, 11) is 0. The molecule has 228 valence electrons. The lowest BCUT2D eigenvalue weighted by Gasteiger charge is -2.28. The second kappa shape index (κ2) is 11.1.